The van der Waals surface area contributed by atoms with Crippen LogP contribution >= 0.6 is 30.9 Å². The first-order chi connectivity index (χ1) is 12.1. The fraction of sp³-hybridized carbons (Fsp3) is 0.467. The van der Waals surface area contributed by atoms with E-state index in [1.165, 1.54) is 7.11 Å². The van der Waals surface area contributed by atoms with Crippen molar-refractivity contribution in [3.63, 3.8) is 0 Å². The minimum absolute atomic E-state index is 0.0174. The second-order valence-corrected chi connectivity index (χ2v) is 8.62. The van der Waals surface area contributed by atoms with E-state index in [0.29, 0.717) is 11.3 Å². The van der Waals surface area contributed by atoms with E-state index in [2.05, 4.69) is 4.98 Å². The van der Waals surface area contributed by atoms with Crippen LogP contribution in [0.4, 0.5) is 0 Å². The molecule has 1 aliphatic rings. The Labute approximate surface area is 160 Å². The molecule has 2 unspecified atom stereocenters. The second kappa shape index (κ2) is 8.25. The zero-order valence-corrected chi connectivity index (χ0v) is 16.7. The van der Waals surface area contributed by atoms with Gasteiger partial charge in [0.05, 0.1) is 23.7 Å². The number of ketones is 2. The van der Waals surface area contributed by atoms with Gasteiger partial charge in [-0.05, 0) is 12.5 Å². The molecular weight excluding hydrogens is 404 g/mol. The first kappa shape index (κ1) is 21.2. The Balaban J connectivity index is 2.22. The molecule has 26 heavy (non-hydrogen) atoms. The van der Waals surface area contributed by atoms with Crippen LogP contribution in [0, 0.1) is 6.92 Å². The third-order valence-corrected chi connectivity index (χ3v) is 5.75. The van der Waals surface area contributed by atoms with Gasteiger partial charge in [-0.2, -0.15) is 0 Å². The number of allylic oxidation sites excluding steroid dienone is 2. The molecule has 2 rings (SSSR count). The van der Waals surface area contributed by atoms with Crippen LogP contribution in [-0.2, 0) is 15.7 Å². The standard InChI is InChI=1S/C15H20Cl2N3O5P/c1-8-10(5-9(17)7-20(4-3-16)26(18,23)24)19-14-11(21)6-12(25-2)15(22)13(8)14/h6,9,19H,3-5,7H2,1-2H3,(H3,18,23,24). The van der Waals surface area contributed by atoms with Gasteiger partial charge in [0.2, 0.25) is 11.6 Å². The molecule has 0 aromatic carbocycles. The number of hydrogen-bond donors (Lipinski definition) is 3. The number of fused-ring (bicyclic) bond motifs is 1. The lowest BCUT2D eigenvalue weighted by atomic mass is 9.96. The Kier molecular flexibility index (Phi) is 6.71. The van der Waals surface area contributed by atoms with E-state index in [1.54, 1.807) is 6.92 Å². The highest BCUT2D eigenvalue weighted by Gasteiger charge is 2.32. The van der Waals surface area contributed by atoms with Gasteiger partial charge in [0.1, 0.15) is 0 Å². The number of H-pyrrole nitrogens is 1. The van der Waals surface area contributed by atoms with Gasteiger partial charge in [0.25, 0.3) is 0 Å². The number of Topliss-reactive ketones (excluding diaryl/α,β-unsaturated/α-hetero) is 1. The summed E-state index contributed by atoms with van der Waals surface area (Å²) in [6.07, 6.45) is 1.38. The third-order valence-electron chi connectivity index (χ3n) is 4.12. The molecular formula is C15H20Cl2N3O5P. The lowest BCUT2D eigenvalue weighted by Gasteiger charge is -2.25. The molecule has 0 saturated carbocycles. The van der Waals surface area contributed by atoms with Gasteiger partial charge in [-0.3, -0.25) is 14.2 Å². The van der Waals surface area contributed by atoms with Crippen LogP contribution in [0.2, 0.25) is 0 Å². The Morgan fingerprint density at radius 3 is 2.65 bits per heavy atom. The van der Waals surface area contributed by atoms with Crippen LogP contribution in [0.15, 0.2) is 11.8 Å². The quantitative estimate of drug-likeness (QED) is 0.430. The van der Waals surface area contributed by atoms with E-state index in [9.17, 15) is 19.0 Å². The number of carbonyl (C=O) groups excluding carboxylic acids is 2. The van der Waals surface area contributed by atoms with Gasteiger partial charge in [0.15, 0.2) is 5.76 Å². The monoisotopic (exact) mass is 423 g/mol. The van der Waals surface area contributed by atoms with Gasteiger partial charge >= 0.3 is 7.67 Å². The van der Waals surface area contributed by atoms with Crippen molar-refractivity contribution in [1.82, 2.24) is 9.65 Å². The van der Waals surface area contributed by atoms with Crippen molar-refractivity contribution in [2.45, 2.75) is 18.7 Å². The first-order valence-electron chi connectivity index (χ1n) is 7.73. The van der Waals surface area contributed by atoms with Gasteiger partial charge < -0.3 is 14.6 Å². The molecule has 11 heteroatoms. The van der Waals surface area contributed by atoms with Crippen molar-refractivity contribution in [2.75, 3.05) is 26.1 Å². The number of nitrogens with two attached hydrogens (primary N) is 1. The van der Waals surface area contributed by atoms with Crippen LogP contribution < -0.4 is 5.50 Å². The van der Waals surface area contributed by atoms with Crippen molar-refractivity contribution in [2.24, 2.45) is 5.50 Å². The predicted molar refractivity (Wildman–Crippen MR) is 98.9 cm³/mol. The number of aromatic nitrogens is 1. The van der Waals surface area contributed by atoms with Crippen molar-refractivity contribution in [3.05, 3.63) is 34.3 Å². The molecule has 1 aromatic heterocycles. The number of aromatic amines is 1. The smallest absolute Gasteiger partial charge is 0.338 e. The molecule has 2 atom stereocenters. The maximum Gasteiger partial charge on any atom is 0.338 e. The number of methoxy groups -OCH3 is 1. The van der Waals surface area contributed by atoms with Gasteiger partial charge in [-0.15, -0.1) is 23.2 Å². The third kappa shape index (κ3) is 4.39. The summed E-state index contributed by atoms with van der Waals surface area (Å²) in [7, 11) is -2.66. The van der Waals surface area contributed by atoms with Gasteiger partial charge in [0, 0.05) is 37.2 Å². The van der Waals surface area contributed by atoms with Crippen LogP contribution in [0.25, 0.3) is 0 Å². The fourth-order valence-electron chi connectivity index (χ4n) is 2.81. The molecule has 1 heterocycles. The van der Waals surface area contributed by atoms with Crippen LogP contribution in [0.5, 0.6) is 0 Å². The van der Waals surface area contributed by atoms with Crippen molar-refractivity contribution in [3.8, 4) is 0 Å². The molecule has 0 aliphatic heterocycles. The van der Waals surface area contributed by atoms with Crippen molar-refractivity contribution < 1.29 is 23.8 Å². The molecule has 1 aromatic rings. The highest BCUT2D eigenvalue weighted by atomic mass is 35.5. The largest absolute Gasteiger partial charge is 0.492 e. The Morgan fingerprint density at radius 2 is 2.12 bits per heavy atom. The van der Waals surface area contributed by atoms with E-state index in [-0.39, 0.29) is 54.0 Å². The summed E-state index contributed by atoms with van der Waals surface area (Å²) in [6.45, 7) is 1.83. The van der Waals surface area contributed by atoms with Crippen molar-refractivity contribution in [1.29, 1.82) is 0 Å². The summed E-state index contributed by atoms with van der Waals surface area (Å²) >= 11 is 11.9. The Hall–Kier alpha value is -1.15. The minimum atomic E-state index is -3.98. The predicted octanol–water partition coefficient (Wildman–Crippen LogP) is 1.98. The lowest BCUT2D eigenvalue weighted by Crippen LogP contribution is -2.32. The van der Waals surface area contributed by atoms with E-state index < -0.39 is 13.0 Å². The molecule has 8 nitrogen and oxygen atoms in total. The summed E-state index contributed by atoms with van der Waals surface area (Å²) in [5, 5.41) is -0.596. The Morgan fingerprint density at radius 1 is 1.46 bits per heavy atom. The van der Waals surface area contributed by atoms with Crippen LogP contribution in [-0.4, -0.2) is 57.6 Å². The molecule has 1 aliphatic carbocycles. The number of halogens is 2. The zero-order chi connectivity index (χ0) is 19.6. The zero-order valence-electron chi connectivity index (χ0n) is 14.3. The number of nitrogens with zero attached hydrogens (tertiary/aromatic N) is 1. The number of nitrogens with one attached hydrogen (secondary N) is 1. The summed E-state index contributed by atoms with van der Waals surface area (Å²) < 4.78 is 17.8. The maximum absolute atomic E-state index is 12.4. The average molecular weight is 424 g/mol. The van der Waals surface area contributed by atoms with E-state index in [4.69, 9.17) is 33.4 Å². The lowest BCUT2D eigenvalue weighted by molar-refractivity contribution is 0.0915. The molecule has 0 fully saturated rings. The SMILES string of the molecule is COC1=CC(=O)c2[nH]c(CC(Cl)CN(CCCl)P(N)(=O)O)c(C)c2C1=O. The summed E-state index contributed by atoms with van der Waals surface area (Å²) in [5.74, 6) is -0.632. The van der Waals surface area contributed by atoms with E-state index in [0.717, 1.165) is 10.7 Å². The van der Waals surface area contributed by atoms with Gasteiger partial charge in [-0.1, -0.05) is 0 Å². The maximum atomic E-state index is 12.4. The minimum Gasteiger partial charge on any atom is -0.492 e. The molecule has 0 bridgehead atoms. The highest BCUT2D eigenvalue weighted by molar-refractivity contribution is 7.52. The molecule has 0 spiro atoms. The van der Waals surface area contributed by atoms with Crippen LogP contribution in [0.3, 0.4) is 0 Å². The number of alkyl halides is 2. The molecule has 0 radical (unpaired) electrons. The summed E-state index contributed by atoms with van der Waals surface area (Å²) in [4.78, 5) is 37.1. The first-order valence-corrected chi connectivity index (χ1v) is 10.4. The number of ether oxygens (including phenoxy) is 1. The molecule has 4 N–H and O–H groups in total. The second-order valence-electron chi connectivity index (χ2n) is 5.88. The van der Waals surface area contributed by atoms with E-state index in [1.807, 2.05) is 0 Å². The van der Waals surface area contributed by atoms with Gasteiger partial charge in [-0.25, -0.2) is 10.2 Å². The highest BCUT2D eigenvalue weighted by Crippen LogP contribution is 2.36. The van der Waals surface area contributed by atoms with Crippen LogP contribution in [0.1, 0.15) is 32.1 Å². The average Bonchev–Trinajstić information content (AvgIpc) is 2.87. The Bertz CT molecular complexity index is 801. The van der Waals surface area contributed by atoms with E-state index >= 15 is 0 Å². The number of rotatable bonds is 8. The molecule has 0 amide bonds. The summed E-state index contributed by atoms with van der Waals surface area (Å²) in [5.41, 5.74) is 6.93. The topological polar surface area (TPSA) is 126 Å². The number of carbonyl (C=O) groups is 2. The molecule has 144 valence electrons. The fourth-order valence-corrected chi connectivity index (χ4v) is 4.37. The molecule has 0 saturated heterocycles. The normalized spacial score (nSPS) is 17.7. The summed E-state index contributed by atoms with van der Waals surface area (Å²) in [6, 6.07) is 0. The van der Waals surface area contributed by atoms with Crippen molar-refractivity contribution >= 4 is 42.4 Å². The number of hydrogen-bond acceptors (Lipinski definition) is 4.